The number of amides is 1. The summed E-state index contributed by atoms with van der Waals surface area (Å²) in [5, 5.41) is 3.01. The number of rotatable bonds is 3. The lowest BCUT2D eigenvalue weighted by atomic mass is 10.1. The van der Waals surface area contributed by atoms with Crippen molar-refractivity contribution in [3.8, 4) is 0 Å². The molecule has 3 rings (SSSR count). The van der Waals surface area contributed by atoms with E-state index >= 15 is 0 Å². The number of carbonyl (C=O) groups excluding carboxylic acids is 1. The Balaban J connectivity index is 1.83. The van der Waals surface area contributed by atoms with Crippen molar-refractivity contribution in [2.45, 2.75) is 24.2 Å². The molecule has 0 saturated heterocycles. The molecule has 2 aromatic carbocycles. The highest BCUT2D eigenvalue weighted by Gasteiger charge is 2.14. The third kappa shape index (κ3) is 2.59. The maximum atomic E-state index is 12.4. The Morgan fingerprint density at radius 2 is 1.90 bits per heavy atom. The van der Waals surface area contributed by atoms with Gasteiger partial charge in [0.1, 0.15) is 0 Å². The number of fused-ring (bicyclic) bond motifs is 1. The first-order valence-corrected chi connectivity index (χ1v) is 8.06. The van der Waals surface area contributed by atoms with Gasteiger partial charge in [0, 0.05) is 10.5 Å². The van der Waals surface area contributed by atoms with Gasteiger partial charge >= 0.3 is 0 Å². The predicted octanol–water partition coefficient (Wildman–Crippen LogP) is 4.15. The van der Waals surface area contributed by atoms with E-state index in [9.17, 15) is 4.79 Å². The molecule has 2 aromatic rings. The van der Waals surface area contributed by atoms with Crippen LogP contribution in [0.4, 0.5) is 5.69 Å². The minimum Gasteiger partial charge on any atom is -0.321 e. The Morgan fingerprint density at radius 3 is 2.75 bits per heavy atom. The Bertz CT molecular complexity index is 651. The second kappa shape index (κ2) is 5.71. The maximum Gasteiger partial charge on any atom is 0.255 e. The van der Waals surface area contributed by atoms with Crippen LogP contribution in [0, 0.1) is 0 Å². The molecule has 2 nitrogen and oxygen atoms in total. The molecule has 0 spiro atoms. The van der Waals surface area contributed by atoms with Crippen molar-refractivity contribution in [1.82, 2.24) is 0 Å². The van der Waals surface area contributed by atoms with E-state index in [0.717, 1.165) is 29.0 Å². The summed E-state index contributed by atoms with van der Waals surface area (Å²) in [6.45, 7) is 0. The van der Waals surface area contributed by atoms with E-state index in [1.165, 1.54) is 17.5 Å². The Hall–Kier alpha value is -1.74. The summed E-state index contributed by atoms with van der Waals surface area (Å²) in [4.78, 5) is 13.4. The summed E-state index contributed by atoms with van der Waals surface area (Å²) in [5.41, 5.74) is 4.36. The normalized spacial score (nSPS) is 13.1. The zero-order valence-corrected chi connectivity index (χ0v) is 12.3. The number of benzene rings is 2. The second-order valence-corrected chi connectivity index (χ2v) is 5.84. The van der Waals surface area contributed by atoms with Crippen molar-refractivity contribution >= 4 is 23.4 Å². The van der Waals surface area contributed by atoms with Crippen LogP contribution in [0.15, 0.2) is 47.4 Å². The SMILES string of the molecule is CSc1ccccc1NC(=O)c1ccc2c(c1)CCC2. The van der Waals surface area contributed by atoms with Gasteiger partial charge in [0.2, 0.25) is 0 Å². The first-order chi connectivity index (χ1) is 9.78. The summed E-state index contributed by atoms with van der Waals surface area (Å²) in [7, 11) is 0. The van der Waals surface area contributed by atoms with Crippen LogP contribution in [0.25, 0.3) is 0 Å². The number of anilines is 1. The van der Waals surface area contributed by atoms with Gasteiger partial charge < -0.3 is 5.32 Å². The van der Waals surface area contributed by atoms with Crippen molar-refractivity contribution in [2.24, 2.45) is 0 Å². The first-order valence-electron chi connectivity index (χ1n) is 6.84. The number of hydrogen-bond donors (Lipinski definition) is 1. The Morgan fingerprint density at radius 1 is 1.10 bits per heavy atom. The fourth-order valence-corrected chi connectivity index (χ4v) is 3.21. The minimum atomic E-state index is -0.0267. The van der Waals surface area contributed by atoms with Gasteiger partial charge in [-0.3, -0.25) is 4.79 Å². The molecular weight excluding hydrogens is 266 g/mol. The predicted molar refractivity (Wildman–Crippen MR) is 84.6 cm³/mol. The number of aryl methyl sites for hydroxylation is 2. The molecule has 3 heteroatoms. The molecule has 0 fully saturated rings. The Labute approximate surface area is 123 Å². The quantitative estimate of drug-likeness (QED) is 0.857. The maximum absolute atomic E-state index is 12.4. The van der Waals surface area contributed by atoms with Gasteiger partial charge in [-0.15, -0.1) is 11.8 Å². The lowest BCUT2D eigenvalue weighted by Crippen LogP contribution is -2.12. The van der Waals surface area contributed by atoms with Gasteiger partial charge in [0.05, 0.1) is 5.69 Å². The van der Waals surface area contributed by atoms with Crippen molar-refractivity contribution in [3.05, 3.63) is 59.2 Å². The molecule has 102 valence electrons. The van der Waals surface area contributed by atoms with Gasteiger partial charge in [-0.25, -0.2) is 0 Å². The zero-order valence-electron chi connectivity index (χ0n) is 11.5. The summed E-state index contributed by atoms with van der Waals surface area (Å²) >= 11 is 1.64. The van der Waals surface area contributed by atoms with E-state index < -0.39 is 0 Å². The molecule has 0 unspecified atom stereocenters. The van der Waals surface area contributed by atoms with Crippen molar-refractivity contribution in [3.63, 3.8) is 0 Å². The number of para-hydroxylation sites is 1. The average molecular weight is 283 g/mol. The largest absolute Gasteiger partial charge is 0.321 e. The molecule has 0 heterocycles. The van der Waals surface area contributed by atoms with E-state index in [0.29, 0.717) is 0 Å². The van der Waals surface area contributed by atoms with Gasteiger partial charge in [0.25, 0.3) is 5.91 Å². The van der Waals surface area contributed by atoms with Crippen LogP contribution < -0.4 is 5.32 Å². The molecule has 0 atom stereocenters. The van der Waals surface area contributed by atoms with Crippen molar-refractivity contribution in [1.29, 1.82) is 0 Å². The first kappa shape index (κ1) is 13.3. The van der Waals surface area contributed by atoms with E-state index in [-0.39, 0.29) is 5.91 Å². The van der Waals surface area contributed by atoms with E-state index in [4.69, 9.17) is 0 Å². The highest BCUT2D eigenvalue weighted by atomic mass is 32.2. The van der Waals surface area contributed by atoms with Crippen LogP contribution in [-0.4, -0.2) is 12.2 Å². The van der Waals surface area contributed by atoms with Gasteiger partial charge in [-0.05, 0) is 60.9 Å². The average Bonchev–Trinajstić information content (AvgIpc) is 2.95. The number of carbonyl (C=O) groups is 1. The highest BCUT2D eigenvalue weighted by Crippen LogP contribution is 2.26. The second-order valence-electron chi connectivity index (χ2n) is 4.99. The lowest BCUT2D eigenvalue weighted by molar-refractivity contribution is 0.102. The molecule has 1 amide bonds. The summed E-state index contributed by atoms with van der Waals surface area (Å²) in [6, 6.07) is 14.0. The molecule has 1 N–H and O–H groups in total. The number of nitrogens with one attached hydrogen (secondary N) is 1. The van der Waals surface area contributed by atoms with Crippen LogP contribution in [0.2, 0.25) is 0 Å². The third-order valence-corrected chi connectivity index (χ3v) is 4.51. The molecule has 1 aliphatic rings. The monoisotopic (exact) mass is 283 g/mol. The molecule has 1 aliphatic carbocycles. The fourth-order valence-electron chi connectivity index (χ4n) is 2.66. The van der Waals surface area contributed by atoms with Crippen molar-refractivity contribution in [2.75, 3.05) is 11.6 Å². The van der Waals surface area contributed by atoms with E-state index in [1.54, 1.807) is 11.8 Å². The minimum absolute atomic E-state index is 0.0267. The van der Waals surface area contributed by atoms with Gasteiger partial charge in [-0.1, -0.05) is 18.2 Å². The Kier molecular flexibility index (Phi) is 3.79. The van der Waals surface area contributed by atoms with Gasteiger partial charge in [-0.2, -0.15) is 0 Å². The topological polar surface area (TPSA) is 29.1 Å². The van der Waals surface area contributed by atoms with E-state index in [2.05, 4.69) is 11.4 Å². The fraction of sp³-hybridized carbons (Fsp3) is 0.235. The van der Waals surface area contributed by atoms with Crippen LogP contribution in [-0.2, 0) is 12.8 Å². The smallest absolute Gasteiger partial charge is 0.255 e. The molecule has 0 aliphatic heterocycles. The molecule has 0 saturated carbocycles. The van der Waals surface area contributed by atoms with Crippen molar-refractivity contribution < 1.29 is 4.79 Å². The highest BCUT2D eigenvalue weighted by molar-refractivity contribution is 7.98. The van der Waals surface area contributed by atoms with Crippen LogP contribution in [0.1, 0.15) is 27.9 Å². The van der Waals surface area contributed by atoms with Gasteiger partial charge in [0.15, 0.2) is 0 Å². The molecule has 0 radical (unpaired) electrons. The lowest BCUT2D eigenvalue weighted by Gasteiger charge is -2.10. The summed E-state index contributed by atoms with van der Waals surface area (Å²) < 4.78 is 0. The molecular formula is C17H17NOS. The summed E-state index contributed by atoms with van der Waals surface area (Å²) in [6.07, 6.45) is 5.46. The molecule has 0 aromatic heterocycles. The molecule has 20 heavy (non-hydrogen) atoms. The molecule has 0 bridgehead atoms. The van der Waals surface area contributed by atoms with Crippen LogP contribution in [0.5, 0.6) is 0 Å². The van der Waals surface area contributed by atoms with Crippen LogP contribution in [0.3, 0.4) is 0 Å². The standard InChI is InChI=1S/C17H17NOS/c1-20-16-8-3-2-7-15(16)18-17(19)14-10-9-12-5-4-6-13(12)11-14/h2-3,7-11H,4-6H2,1H3,(H,18,19). The third-order valence-electron chi connectivity index (χ3n) is 3.72. The zero-order chi connectivity index (χ0) is 13.9. The van der Waals surface area contributed by atoms with E-state index in [1.807, 2.05) is 42.7 Å². The van der Waals surface area contributed by atoms with Crippen LogP contribution >= 0.6 is 11.8 Å². The number of thioether (sulfide) groups is 1. The number of hydrogen-bond acceptors (Lipinski definition) is 2. The summed E-state index contributed by atoms with van der Waals surface area (Å²) in [5.74, 6) is -0.0267.